The van der Waals surface area contributed by atoms with Gasteiger partial charge < -0.3 is 14.8 Å². The molecule has 24 heavy (non-hydrogen) atoms. The predicted octanol–water partition coefficient (Wildman–Crippen LogP) is 2.54. The summed E-state index contributed by atoms with van der Waals surface area (Å²) in [7, 11) is 0. The minimum Gasteiger partial charge on any atom is -0.333 e. The van der Waals surface area contributed by atoms with Crippen LogP contribution < -0.4 is 5.32 Å². The number of rotatable bonds is 3. The van der Waals surface area contributed by atoms with Gasteiger partial charge >= 0.3 is 6.03 Å². The molecule has 2 amide bonds. The fourth-order valence-electron chi connectivity index (χ4n) is 2.89. The molecular weight excluding hydrogens is 302 g/mol. The summed E-state index contributed by atoms with van der Waals surface area (Å²) in [6, 6.07) is 4.02. The summed E-state index contributed by atoms with van der Waals surface area (Å²) < 4.78 is 2.22. The third kappa shape index (κ3) is 3.58. The van der Waals surface area contributed by atoms with E-state index in [0.29, 0.717) is 19.0 Å². The van der Waals surface area contributed by atoms with E-state index in [2.05, 4.69) is 32.8 Å². The molecule has 6 heteroatoms. The zero-order chi connectivity index (χ0) is 17.3. The lowest BCUT2D eigenvalue weighted by Gasteiger charge is -2.40. The molecule has 3 heterocycles. The van der Waals surface area contributed by atoms with Crippen molar-refractivity contribution in [1.82, 2.24) is 24.8 Å². The van der Waals surface area contributed by atoms with Crippen LogP contribution in [0.5, 0.6) is 0 Å². The Kier molecular flexibility index (Phi) is 4.30. The number of pyridine rings is 1. The molecule has 3 rings (SSSR count). The van der Waals surface area contributed by atoms with Crippen molar-refractivity contribution in [2.45, 2.75) is 45.7 Å². The molecule has 1 aliphatic heterocycles. The maximum atomic E-state index is 12.2. The van der Waals surface area contributed by atoms with Crippen molar-refractivity contribution >= 4 is 6.03 Å². The summed E-state index contributed by atoms with van der Waals surface area (Å²) in [6.07, 6.45) is 5.57. The van der Waals surface area contributed by atoms with Crippen LogP contribution in [0.3, 0.4) is 0 Å². The van der Waals surface area contributed by atoms with Gasteiger partial charge in [-0.15, -0.1) is 0 Å². The second-order valence-corrected chi connectivity index (χ2v) is 7.49. The number of aryl methyl sites for hydroxylation is 1. The molecule has 0 saturated carbocycles. The second-order valence-electron chi connectivity index (χ2n) is 7.49. The van der Waals surface area contributed by atoms with Crippen molar-refractivity contribution in [2.24, 2.45) is 0 Å². The lowest BCUT2D eigenvalue weighted by atomic mass is 9.99. The van der Waals surface area contributed by atoms with Crippen LogP contribution in [-0.2, 0) is 6.54 Å². The smallest absolute Gasteiger partial charge is 0.317 e. The monoisotopic (exact) mass is 327 g/mol. The average Bonchev–Trinajstić information content (AvgIpc) is 2.78. The lowest BCUT2D eigenvalue weighted by molar-refractivity contribution is 0.140. The summed E-state index contributed by atoms with van der Waals surface area (Å²) >= 11 is 0. The van der Waals surface area contributed by atoms with Crippen LogP contribution in [0.1, 0.15) is 43.8 Å². The van der Waals surface area contributed by atoms with Crippen LogP contribution in [-0.4, -0.2) is 44.1 Å². The first-order valence-electron chi connectivity index (χ1n) is 8.31. The Balaban J connectivity index is 1.66. The van der Waals surface area contributed by atoms with Crippen LogP contribution in [0.15, 0.2) is 30.7 Å². The molecule has 1 N–H and O–H groups in total. The van der Waals surface area contributed by atoms with Gasteiger partial charge in [-0.05, 0) is 39.3 Å². The van der Waals surface area contributed by atoms with E-state index >= 15 is 0 Å². The van der Waals surface area contributed by atoms with Crippen LogP contribution in [0.25, 0.3) is 0 Å². The van der Waals surface area contributed by atoms with Crippen LogP contribution in [0.2, 0.25) is 0 Å². The van der Waals surface area contributed by atoms with Gasteiger partial charge in [0.25, 0.3) is 0 Å². The normalized spacial score (nSPS) is 15.2. The fourth-order valence-corrected chi connectivity index (χ4v) is 2.89. The van der Waals surface area contributed by atoms with Gasteiger partial charge in [-0.1, -0.05) is 6.07 Å². The summed E-state index contributed by atoms with van der Waals surface area (Å²) in [5, 5.41) is 3.00. The minimum atomic E-state index is -0.211. The average molecular weight is 327 g/mol. The number of likely N-dealkylation sites (tertiary alicyclic amines) is 1. The number of urea groups is 1. The van der Waals surface area contributed by atoms with E-state index < -0.39 is 0 Å². The molecule has 1 aliphatic rings. The van der Waals surface area contributed by atoms with Gasteiger partial charge in [-0.2, -0.15) is 0 Å². The molecule has 0 aliphatic carbocycles. The SMILES string of the molecule is Cc1cnc(C2CN(C(=O)NC(C)(C)C)C2)n1Cc1cccnc1. The topological polar surface area (TPSA) is 63.1 Å². The first-order valence-corrected chi connectivity index (χ1v) is 8.31. The molecule has 6 nitrogen and oxygen atoms in total. The van der Waals surface area contributed by atoms with Gasteiger partial charge in [-0.3, -0.25) is 4.98 Å². The maximum Gasteiger partial charge on any atom is 0.317 e. The molecule has 1 fully saturated rings. The first-order chi connectivity index (χ1) is 11.3. The third-order valence-electron chi connectivity index (χ3n) is 4.17. The largest absolute Gasteiger partial charge is 0.333 e. The molecule has 0 bridgehead atoms. The molecular formula is C18H25N5O. The highest BCUT2D eigenvalue weighted by atomic mass is 16.2. The van der Waals surface area contributed by atoms with Crippen molar-refractivity contribution in [3.63, 3.8) is 0 Å². The number of nitrogens with one attached hydrogen (secondary N) is 1. The Morgan fingerprint density at radius 2 is 2.08 bits per heavy atom. The zero-order valence-electron chi connectivity index (χ0n) is 14.8. The first kappa shape index (κ1) is 16.5. The number of hydrogen-bond donors (Lipinski definition) is 1. The molecule has 0 aromatic carbocycles. The van der Waals surface area contributed by atoms with Gasteiger partial charge in [0.1, 0.15) is 5.82 Å². The number of aromatic nitrogens is 3. The fraction of sp³-hybridized carbons (Fsp3) is 0.500. The number of carbonyl (C=O) groups excluding carboxylic acids is 1. The highest BCUT2D eigenvalue weighted by Gasteiger charge is 2.35. The number of carbonyl (C=O) groups is 1. The Labute approximate surface area is 142 Å². The van der Waals surface area contributed by atoms with Crippen molar-refractivity contribution in [2.75, 3.05) is 13.1 Å². The van der Waals surface area contributed by atoms with Crippen LogP contribution in [0, 0.1) is 6.92 Å². The van der Waals surface area contributed by atoms with E-state index in [1.165, 1.54) is 0 Å². The van der Waals surface area contributed by atoms with E-state index in [1.54, 1.807) is 6.20 Å². The highest BCUT2D eigenvalue weighted by Crippen LogP contribution is 2.27. The molecule has 0 atom stereocenters. The Bertz CT molecular complexity index is 711. The zero-order valence-corrected chi connectivity index (χ0v) is 14.8. The van der Waals surface area contributed by atoms with Crippen molar-refractivity contribution < 1.29 is 4.79 Å². The van der Waals surface area contributed by atoms with E-state index in [9.17, 15) is 4.79 Å². The molecule has 128 valence electrons. The van der Waals surface area contributed by atoms with Gasteiger partial charge in [-0.25, -0.2) is 9.78 Å². The minimum absolute atomic E-state index is 0.000775. The quantitative estimate of drug-likeness (QED) is 0.942. The van der Waals surface area contributed by atoms with E-state index in [0.717, 1.165) is 23.6 Å². The Hall–Kier alpha value is -2.37. The molecule has 2 aromatic rings. The predicted molar refractivity (Wildman–Crippen MR) is 92.9 cm³/mol. The van der Waals surface area contributed by atoms with E-state index in [1.807, 2.05) is 44.1 Å². The number of amides is 2. The molecule has 0 spiro atoms. The molecule has 0 radical (unpaired) electrons. The molecule has 1 saturated heterocycles. The van der Waals surface area contributed by atoms with Crippen LogP contribution in [0.4, 0.5) is 4.79 Å². The summed E-state index contributed by atoms with van der Waals surface area (Å²) in [5.41, 5.74) is 2.07. The highest BCUT2D eigenvalue weighted by molar-refractivity contribution is 5.76. The van der Waals surface area contributed by atoms with E-state index in [-0.39, 0.29) is 11.6 Å². The summed E-state index contributed by atoms with van der Waals surface area (Å²) in [5.74, 6) is 1.34. The Morgan fingerprint density at radius 3 is 2.71 bits per heavy atom. The Morgan fingerprint density at radius 1 is 1.33 bits per heavy atom. The van der Waals surface area contributed by atoms with Crippen molar-refractivity contribution in [3.8, 4) is 0 Å². The number of nitrogens with zero attached hydrogens (tertiary/aromatic N) is 4. The second kappa shape index (κ2) is 6.26. The van der Waals surface area contributed by atoms with Gasteiger partial charge in [0, 0.05) is 42.9 Å². The van der Waals surface area contributed by atoms with Gasteiger partial charge in [0.15, 0.2) is 0 Å². The maximum absolute atomic E-state index is 12.2. The third-order valence-corrected chi connectivity index (χ3v) is 4.17. The van der Waals surface area contributed by atoms with E-state index in [4.69, 9.17) is 0 Å². The lowest BCUT2D eigenvalue weighted by Crippen LogP contribution is -2.56. The molecule has 0 unspecified atom stereocenters. The van der Waals surface area contributed by atoms with Crippen LogP contribution >= 0.6 is 0 Å². The number of imidazole rings is 1. The van der Waals surface area contributed by atoms with Gasteiger partial charge in [0.05, 0.1) is 12.5 Å². The van der Waals surface area contributed by atoms with Gasteiger partial charge in [0.2, 0.25) is 0 Å². The molecule has 2 aromatic heterocycles. The summed E-state index contributed by atoms with van der Waals surface area (Å²) in [6.45, 7) is 10.2. The van der Waals surface area contributed by atoms with Crippen molar-refractivity contribution in [1.29, 1.82) is 0 Å². The number of hydrogen-bond acceptors (Lipinski definition) is 3. The van der Waals surface area contributed by atoms with Crippen molar-refractivity contribution in [3.05, 3.63) is 47.8 Å². The standard InChI is InChI=1S/C18H25N5O/c1-13-8-20-16(23(13)10-14-6-5-7-19-9-14)15-11-22(12-15)17(24)21-18(2,3)4/h5-9,15H,10-12H2,1-4H3,(H,21,24). The summed E-state index contributed by atoms with van der Waals surface area (Å²) in [4.78, 5) is 22.8.